The lowest BCUT2D eigenvalue weighted by atomic mass is 10.1. The van der Waals surface area contributed by atoms with Crippen LogP contribution in [0.2, 0.25) is 0 Å². The summed E-state index contributed by atoms with van der Waals surface area (Å²) in [6, 6.07) is 0.697. The molecular formula is C12H22N2O3S. The number of carbonyl (C=O) groups is 1. The van der Waals surface area contributed by atoms with Gasteiger partial charge in [-0.25, -0.2) is 8.42 Å². The molecule has 0 spiro atoms. The van der Waals surface area contributed by atoms with Crippen LogP contribution in [0.5, 0.6) is 0 Å². The summed E-state index contributed by atoms with van der Waals surface area (Å²) >= 11 is 0. The molecule has 3 atom stereocenters. The van der Waals surface area contributed by atoms with Gasteiger partial charge in [-0.1, -0.05) is 6.92 Å². The molecular weight excluding hydrogens is 252 g/mol. The second kappa shape index (κ2) is 5.17. The zero-order valence-corrected chi connectivity index (χ0v) is 11.9. The molecule has 2 saturated heterocycles. The van der Waals surface area contributed by atoms with Crippen LogP contribution in [0.15, 0.2) is 0 Å². The van der Waals surface area contributed by atoms with Crippen LogP contribution in [0.25, 0.3) is 0 Å². The summed E-state index contributed by atoms with van der Waals surface area (Å²) in [4.78, 5) is 13.8. The first-order chi connectivity index (χ1) is 8.35. The fraction of sp³-hybridized carbons (Fsp3) is 0.917. The minimum atomic E-state index is -2.92. The maximum absolute atomic E-state index is 11.5. The molecule has 0 aromatic carbocycles. The summed E-state index contributed by atoms with van der Waals surface area (Å²) < 4.78 is 22.6. The summed E-state index contributed by atoms with van der Waals surface area (Å²) in [6.45, 7) is 3.46. The van der Waals surface area contributed by atoms with E-state index in [4.69, 9.17) is 0 Å². The molecule has 2 fully saturated rings. The van der Waals surface area contributed by atoms with E-state index in [1.807, 2.05) is 6.92 Å². The van der Waals surface area contributed by atoms with Gasteiger partial charge in [0.1, 0.15) is 9.84 Å². The van der Waals surface area contributed by atoms with E-state index in [2.05, 4.69) is 10.2 Å². The quantitative estimate of drug-likeness (QED) is 0.785. The van der Waals surface area contributed by atoms with Gasteiger partial charge >= 0.3 is 0 Å². The van der Waals surface area contributed by atoms with E-state index in [9.17, 15) is 13.2 Å². The minimum Gasteiger partial charge on any atom is -0.354 e. The van der Waals surface area contributed by atoms with Crippen molar-refractivity contribution in [2.75, 3.05) is 25.1 Å². The predicted octanol–water partition coefficient (Wildman–Crippen LogP) is 0.0200. The highest BCUT2D eigenvalue weighted by Gasteiger charge is 2.37. The van der Waals surface area contributed by atoms with Crippen LogP contribution in [0.4, 0.5) is 0 Å². The second-order valence-electron chi connectivity index (χ2n) is 5.79. The average Bonchev–Trinajstić information content (AvgIpc) is 2.46. The van der Waals surface area contributed by atoms with Crippen LogP contribution in [0, 0.1) is 5.92 Å². The Hall–Kier alpha value is -0.620. The summed E-state index contributed by atoms with van der Waals surface area (Å²) in [5.74, 6) is 0.476. The fourth-order valence-electron chi connectivity index (χ4n) is 3.20. The molecule has 1 amide bonds. The fourth-order valence-corrected chi connectivity index (χ4v) is 4.34. The molecule has 3 unspecified atom stereocenters. The Balaban J connectivity index is 1.98. The average molecular weight is 274 g/mol. The van der Waals surface area contributed by atoms with Gasteiger partial charge in [-0.15, -0.1) is 0 Å². The van der Waals surface area contributed by atoms with Gasteiger partial charge in [0.05, 0.1) is 5.75 Å². The van der Waals surface area contributed by atoms with Gasteiger partial charge < -0.3 is 5.32 Å². The Bertz CT molecular complexity index is 421. The van der Waals surface area contributed by atoms with E-state index in [0.29, 0.717) is 25.0 Å². The highest BCUT2D eigenvalue weighted by molar-refractivity contribution is 7.90. The highest BCUT2D eigenvalue weighted by atomic mass is 32.2. The molecule has 0 aliphatic carbocycles. The Morgan fingerprint density at radius 3 is 2.72 bits per heavy atom. The van der Waals surface area contributed by atoms with E-state index < -0.39 is 9.84 Å². The molecule has 2 rings (SSSR count). The van der Waals surface area contributed by atoms with Crippen molar-refractivity contribution in [3.63, 3.8) is 0 Å². The monoisotopic (exact) mass is 274 g/mol. The Labute approximate surface area is 109 Å². The number of nitrogens with zero attached hydrogens (tertiary/aromatic N) is 1. The molecule has 104 valence electrons. The standard InChI is InChI=1S/C12H22N2O3S/c1-9(8-18(2,16)17)7-14-10-3-4-11(14)6-13-12(15)5-10/h9-11H,3-8H2,1-2H3,(H,13,15). The summed E-state index contributed by atoms with van der Waals surface area (Å²) in [5.41, 5.74) is 0. The van der Waals surface area contributed by atoms with Crippen LogP contribution < -0.4 is 5.32 Å². The number of fused-ring (bicyclic) bond motifs is 2. The highest BCUT2D eigenvalue weighted by Crippen LogP contribution is 2.29. The lowest BCUT2D eigenvalue weighted by molar-refractivity contribution is -0.121. The Morgan fingerprint density at radius 1 is 1.39 bits per heavy atom. The lowest BCUT2D eigenvalue weighted by Crippen LogP contribution is -2.41. The maximum Gasteiger partial charge on any atom is 0.221 e. The van der Waals surface area contributed by atoms with Crippen molar-refractivity contribution in [1.29, 1.82) is 0 Å². The molecule has 2 bridgehead atoms. The number of sulfone groups is 1. The van der Waals surface area contributed by atoms with Crippen molar-refractivity contribution in [3.05, 3.63) is 0 Å². The molecule has 2 aliphatic heterocycles. The van der Waals surface area contributed by atoms with Crippen LogP contribution >= 0.6 is 0 Å². The molecule has 0 aromatic heterocycles. The molecule has 2 heterocycles. The normalized spacial score (nSPS) is 30.9. The SMILES string of the molecule is CC(CN1C2CCC1CC(=O)NC2)CS(C)(=O)=O. The van der Waals surface area contributed by atoms with Gasteiger partial charge in [0.25, 0.3) is 0 Å². The van der Waals surface area contributed by atoms with Gasteiger partial charge in [-0.2, -0.15) is 0 Å². The number of hydrogen-bond donors (Lipinski definition) is 1. The van der Waals surface area contributed by atoms with E-state index in [1.54, 1.807) is 0 Å². The first-order valence-electron chi connectivity index (χ1n) is 6.55. The smallest absolute Gasteiger partial charge is 0.221 e. The molecule has 5 nitrogen and oxygen atoms in total. The van der Waals surface area contributed by atoms with Crippen LogP contribution in [0.3, 0.4) is 0 Å². The number of rotatable bonds is 4. The van der Waals surface area contributed by atoms with E-state index >= 15 is 0 Å². The Kier molecular flexibility index (Phi) is 3.96. The summed E-state index contributed by atoms with van der Waals surface area (Å²) in [6.07, 6.45) is 4.01. The van der Waals surface area contributed by atoms with Crippen molar-refractivity contribution >= 4 is 15.7 Å². The second-order valence-corrected chi connectivity index (χ2v) is 7.97. The number of hydrogen-bond acceptors (Lipinski definition) is 4. The minimum absolute atomic E-state index is 0.122. The van der Waals surface area contributed by atoms with Gasteiger partial charge in [-0.3, -0.25) is 9.69 Å². The summed E-state index contributed by atoms with van der Waals surface area (Å²) in [7, 11) is -2.92. The van der Waals surface area contributed by atoms with E-state index in [1.165, 1.54) is 6.26 Å². The topological polar surface area (TPSA) is 66.5 Å². The molecule has 0 radical (unpaired) electrons. The molecule has 18 heavy (non-hydrogen) atoms. The van der Waals surface area contributed by atoms with Crippen molar-refractivity contribution in [2.24, 2.45) is 5.92 Å². The largest absolute Gasteiger partial charge is 0.354 e. The molecule has 2 aliphatic rings. The molecule has 1 N–H and O–H groups in total. The lowest BCUT2D eigenvalue weighted by Gasteiger charge is -2.29. The number of nitrogens with one attached hydrogen (secondary N) is 1. The molecule has 0 saturated carbocycles. The van der Waals surface area contributed by atoms with Crippen molar-refractivity contribution in [1.82, 2.24) is 10.2 Å². The van der Waals surface area contributed by atoms with Crippen LogP contribution in [-0.4, -0.2) is 56.4 Å². The third-order valence-electron chi connectivity index (χ3n) is 3.84. The third-order valence-corrected chi connectivity index (χ3v) is 5.01. The molecule has 0 aromatic rings. The maximum atomic E-state index is 11.5. The van der Waals surface area contributed by atoms with Crippen LogP contribution in [0.1, 0.15) is 26.2 Å². The first-order valence-corrected chi connectivity index (χ1v) is 8.61. The predicted molar refractivity (Wildman–Crippen MR) is 70.0 cm³/mol. The zero-order valence-electron chi connectivity index (χ0n) is 11.1. The van der Waals surface area contributed by atoms with Crippen molar-refractivity contribution in [2.45, 2.75) is 38.3 Å². The van der Waals surface area contributed by atoms with Gasteiger partial charge in [0.2, 0.25) is 5.91 Å². The van der Waals surface area contributed by atoms with Gasteiger partial charge in [0, 0.05) is 37.8 Å². The van der Waals surface area contributed by atoms with E-state index in [-0.39, 0.29) is 17.6 Å². The zero-order chi connectivity index (χ0) is 13.3. The first kappa shape index (κ1) is 13.8. The Morgan fingerprint density at radius 2 is 2.06 bits per heavy atom. The van der Waals surface area contributed by atoms with Gasteiger partial charge in [0.15, 0.2) is 0 Å². The van der Waals surface area contributed by atoms with Gasteiger partial charge in [-0.05, 0) is 18.8 Å². The number of amides is 1. The molecule has 6 heteroatoms. The van der Waals surface area contributed by atoms with Crippen molar-refractivity contribution < 1.29 is 13.2 Å². The van der Waals surface area contributed by atoms with E-state index in [0.717, 1.165) is 19.4 Å². The van der Waals surface area contributed by atoms with Crippen molar-refractivity contribution in [3.8, 4) is 0 Å². The third kappa shape index (κ3) is 3.45. The summed E-state index contributed by atoms with van der Waals surface area (Å²) in [5, 5.41) is 2.93. The van der Waals surface area contributed by atoms with Crippen LogP contribution in [-0.2, 0) is 14.6 Å². The number of carbonyl (C=O) groups excluding carboxylic acids is 1.